The molecular weight excluding hydrogens is 396 g/mol. The molecule has 2 aliphatic rings. The van der Waals surface area contributed by atoms with E-state index in [1.807, 2.05) is 34.1 Å². The summed E-state index contributed by atoms with van der Waals surface area (Å²) in [6, 6.07) is 7.26. The number of benzene rings is 1. The maximum absolute atomic E-state index is 13.3. The zero-order valence-corrected chi connectivity index (χ0v) is 18.2. The highest BCUT2D eigenvalue weighted by Crippen LogP contribution is 2.32. The third kappa shape index (κ3) is 4.89. The van der Waals surface area contributed by atoms with Crippen molar-refractivity contribution in [2.45, 2.75) is 51.5 Å². The van der Waals surface area contributed by atoms with Gasteiger partial charge in [-0.3, -0.25) is 9.59 Å². The van der Waals surface area contributed by atoms with Crippen LogP contribution in [0, 0.1) is 12.8 Å². The molecule has 0 spiro atoms. The summed E-state index contributed by atoms with van der Waals surface area (Å²) in [5, 5.41) is 3.92. The lowest BCUT2D eigenvalue weighted by atomic mass is 10.0. The number of methoxy groups -OCH3 is 1. The molecule has 0 radical (unpaired) electrons. The lowest BCUT2D eigenvalue weighted by Crippen LogP contribution is -2.41. The Labute approximate surface area is 182 Å². The fourth-order valence-corrected chi connectivity index (χ4v) is 4.59. The van der Waals surface area contributed by atoms with Crippen molar-refractivity contribution in [1.29, 1.82) is 0 Å². The van der Waals surface area contributed by atoms with E-state index < -0.39 is 0 Å². The summed E-state index contributed by atoms with van der Waals surface area (Å²) in [7, 11) is 1.62. The lowest BCUT2D eigenvalue weighted by Gasteiger charge is -2.29. The van der Waals surface area contributed by atoms with Gasteiger partial charge in [0.25, 0.3) is 0 Å². The maximum Gasteiger partial charge on any atom is 0.249 e. The molecule has 166 valence electrons. The van der Waals surface area contributed by atoms with Crippen LogP contribution in [0.1, 0.15) is 55.4 Å². The molecule has 1 unspecified atom stereocenters. The quantitative estimate of drug-likeness (QED) is 0.730. The number of nitrogens with zero attached hydrogens (tertiary/aromatic N) is 4. The fourth-order valence-electron chi connectivity index (χ4n) is 4.59. The summed E-state index contributed by atoms with van der Waals surface area (Å²) < 4.78 is 10.6. The standard InChI is InChI=1S/C23H30N4O4/c1-16-24-22(31-25-16)20-11-12-26(13-14-27(20)23(29)18-5-3-4-6-18)21(28)15-17-7-9-19(30-2)10-8-17/h7-10,18,20H,3-6,11-15H2,1-2H3. The van der Waals surface area contributed by atoms with Gasteiger partial charge in [0.05, 0.1) is 13.5 Å². The summed E-state index contributed by atoms with van der Waals surface area (Å²) in [5.74, 6) is 2.06. The van der Waals surface area contributed by atoms with Crippen molar-refractivity contribution in [3.63, 3.8) is 0 Å². The van der Waals surface area contributed by atoms with Crippen molar-refractivity contribution in [2.75, 3.05) is 26.7 Å². The van der Waals surface area contributed by atoms with Gasteiger partial charge in [-0.15, -0.1) is 0 Å². The molecule has 0 bridgehead atoms. The van der Waals surface area contributed by atoms with Gasteiger partial charge in [-0.1, -0.05) is 30.1 Å². The van der Waals surface area contributed by atoms with Crippen molar-refractivity contribution in [3.05, 3.63) is 41.5 Å². The van der Waals surface area contributed by atoms with E-state index in [0.29, 0.717) is 44.2 Å². The largest absolute Gasteiger partial charge is 0.497 e. The van der Waals surface area contributed by atoms with Crippen LogP contribution in [0.5, 0.6) is 5.75 Å². The van der Waals surface area contributed by atoms with Crippen molar-refractivity contribution < 1.29 is 18.8 Å². The van der Waals surface area contributed by atoms with Crippen molar-refractivity contribution in [2.24, 2.45) is 5.92 Å². The topological polar surface area (TPSA) is 88.8 Å². The Morgan fingerprint density at radius 1 is 1.10 bits per heavy atom. The van der Waals surface area contributed by atoms with Crippen LogP contribution in [-0.4, -0.2) is 58.5 Å². The van der Waals surface area contributed by atoms with Crippen LogP contribution in [0.25, 0.3) is 0 Å². The second kappa shape index (κ2) is 9.49. The monoisotopic (exact) mass is 426 g/mol. The van der Waals surface area contributed by atoms with Crippen LogP contribution in [0.4, 0.5) is 0 Å². The third-order valence-corrected chi connectivity index (χ3v) is 6.34. The van der Waals surface area contributed by atoms with E-state index in [9.17, 15) is 9.59 Å². The van der Waals surface area contributed by atoms with Gasteiger partial charge in [-0.05, 0) is 43.9 Å². The Kier molecular flexibility index (Phi) is 6.53. The van der Waals surface area contributed by atoms with Gasteiger partial charge in [0.15, 0.2) is 5.82 Å². The highest BCUT2D eigenvalue weighted by molar-refractivity contribution is 5.81. The molecule has 8 heteroatoms. The van der Waals surface area contributed by atoms with Crippen molar-refractivity contribution in [3.8, 4) is 5.75 Å². The molecule has 1 aromatic heterocycles. The molecule has 1 atom stereocenters. The number of hydrogen-bond acceptors (Lipinski definition) is 6. The molecular formula is C23H30N4O4. The summed E-state index contributed by atoms with van der Waals surface area (Å²) >= 11 is 0. The van der Waals surface area contributed by atoms with Crippen LogP contribution in [0.15, 0.2) is 28.8 Å². The smallest absolute Gasteiger partial charge is 0.249 e. The van der Waals surface area contributed by atoms with Crippen LogP contribution in [0.3, 0.4) is 0 Å². The second-order valence-corrected chi connectivity index (χ2v) is 8.40. The summed E-state index contributed by atoms with van der Waals surface area (Å²) in [6.45, 7) is 3.32. The second-order valence-electron chi connectivity index (χ2n) is 8.40. The molecule has 1 aliphatic heterocycles. The van der Waals surface area contributed by atoms with Gasteiger partial charge in [0.2, 0.25) is 17.7 Å². The number of carbonyl (C=O) groups is 2. The van der Waals surface area contributed by atoms with Crippen molar-refractivity contribution in [1.82, 2.24) is 19.9 Å². The molecule has 31 heavy (non-hydrogen) atoms. The summed E-state index contributed by atoms with van der Waals surface area (Å²) in [5.41, 5.74) is 0.943. The van der Waals surface area contributed by atoms with E-state index in [1.165, 1.54) is 0 Å². The van der Waals surface area contributed by atoms with Gasteiger partial charge in [0, 0.05) is 25.6 Å². The predicted molar refractivity (Wildman–Crippen MR) is 113 cm³/mol. The Morgan fingerprint density at radius 3 is 2.48 bits per heavy atom. The Balaban J connectivity index is 1.48. The molecule has 8 nitrogen and oxygen atoms in total. The van der Waals surface area contributed by atoms with E-state index >= 15 is 0 Å². The van der Waals surface area contributed by atoms with Gasteiger partial charge in [-0.2, -0.15) is 4.98 Å². The number of aromatic nitrogens is 2. The minimum absolute atomic E-state index is 0.0563. The number of amides is 2. The average molecular weight is 427 g/mol. The molecule has 2 fully saturated rings. The molecule has 1 aromatic carbocycles. The maximum atomic E-state index is 13.3. The van der Waals surface area contributed by atoms with E-state index in [2.05, 4.69) is 10.1 Å². The van der Waals surface area contributed by atoms with E-state index in [-0.39, 0.29) is 23.8 Å². The zero-order valence-electron chi connectivity index (χ0n) is 18.2. The van der Waals surface area contributed by atoms with E-state index in [0.717, 1.165) is 37.0 Å². The van der Waals surface area contributed by atoms with Crippen LogP contribution in [-0.2, 0) is 16.0 Å². The first-order chi connectivity index (χ1) is 15.0. The van der Waals surface area contributed by atoms with Crippen LogP contribution in [0.2, 0.25) is 0 Å². The highest BCUT2D eigenvalue weighted by atomic mass is 16.5. The van der Waals surface area contributed by atoms with E-state index in [4.69, 9.17) is 9.26 Å². The normalized spacial score (nSPS) is 20.0. The van der Waals surface area contributed by atoms with Crippen molar-refractivity contribution >= 4 is 11.8 Å². The van der Waals surface area contributed by atoms with E-state index in [1.54, 1.807) is 14.0 Å². The fraction of sp³-hybridized carbons (Fsp3) is 0.565. The third-order valence-electron chi connectivity index (χ3n) is 6.34. The molecule has 2 heterocycles. The zero-order chi connectivity index (χ0) is 21.8. The molecule has 2 amide bonds. The first kappa shape index (κ1) is 21.3. The number of aryl methyl sites for hydroxylation is 1. The minimum atomic E-state index is -0.284. The SMILES string of the molecule is COc1ccc(CC(=O)N2CCC(c3nc(C)no3)N(C(=O)C3CCCC3)CC2)cc1. The van der Waals surface area contributed by atoms with Crippen LogP contribution < -0.4 is 4.74 Å². The number of ether oxygens (including phenoxy) is 1. The van der Waals surface area contributed by atoms with Gasteiger partial charge >= 0.3 is 0 Å². The Morgan fingerprint density at radius 2 is 1.84 bits per heavy atom. The lowest BCUT2D eigenvalue weighted by molar-refractivity contribution is -0.138. The Hall–Kier alpha value is -2.90. The van der Waals surface area contributed by atoms with Gasteiger partial charge in [-0.25, -0.2) is 0 Å². The molecule has 4 rings (SSSR count). The number of hydrogen-bond donors (Lipinski definition) is 0. The molecule has 1 saturated carbocycles. The van der Waals surface area contributed by atoms with Gasteiger partial charge < -0.3 is 19.1 Å². The summed E-state index contributed by atoms with van der Waals surface area (Å²) in [6.07, 6.45) is 4.98. The Bertz CT molecular complexity index is 905. The number of rotatable bonds is 5. The molecule has 1 saturated heterocycles. The van der Waals surface area contributed by atoms with Gasteiger partial charge in [0.1, 0.15) is 11.8 Å². The average Bonchev–Trinajstić information content (AvgIpc) is 3.41. The summed E-state index contributed by atoms with van der Waals surface area (Å²) in [4.78, 5) is 34.4. The first-order valence-electron chi connectivity index (χ1n) is 11.1. The predicted octanol–water partition coefficient (Wildman–Crippen LogP) is 2.92. The molecule has 0 N–H and O–H groups in total. The first-order valence-corrected chi connectivity index (χ1v) is 11.1. The molecule has 1 aliphatic carbocycles. The van der Waals surface area contributed by atoms with Crippen LogP contribution >= 0.6 is 0 Å². The minimum Gasteiger partial charge on any atom is -0.497 e. The molecule has 2 aromatic rings. The number of carbonyl (C=O) groups excluding carboxylic acids is 2. The highest BCUT2D eigenvalue weighted by Gasteiger charge is 2.37.